The van der Waals surface area contributed by atoms with Crippen LogP contribution in [0, 0.1) is 11.3 Å². The third kappa shape index (κ3) is 2.71. The van der Waals surface area contributed by atoms with Crippen molar-refractivity contribution in [1.29, 1.82) is 0 Å². The first-order valence-corrected chi connectivity index (χ1v) is 6.08. The predicted molar refractivity (Wildman–Crippen MR) is 60.4 cm³/mol. The van der Waals surface area contributed by atoms with Gasteiger partial charge in [0.05, 0.1) is 0 Å². The topological polar surface area (TPSA) is 15.3 Å². The summed E-state index contributed by atoms with van der Waals surface area (Å²) in [4.78, 5) is 2.26. The van der Waals surface area contributed by atoms with Crippen molar-refractivity contribution in [2.24, 2.45) is 11.3 Å². The molecule has 2 fully saturated rings. The molecular formula is C12H24N2. The van der Waals surface area contributed by atoms with Crippen molar-refractivity contribution in [2.45, 2.75) is 32.1 Å². The van der Waals surface area contributed by atoms with E-state index >= 15 is 0 Å². The molecule has 0 aromatic rings. The minimum atomic E-state index is 0.776. The Kier molecular flexibility index (Phi) is 3.13. The molecule has 1 N–H and O–H groups in total. The molecule has 0 aliphatic heterocycles. The van der Waals surface area contributed by atoms with E-state index < -0.39 is 0 Å². The van der Waals surface area contributed by atoms with Gasteiger partial charge in [-0.3, -0.25) is 0 Å². The first-order valence-electron chi connectivity index (χ1n) is 6.08. The summed E-state index contributed by atoms with van der Waals surface area (Å²) in [6.45, 7) is 3.71. The number of nitrogens with one attached hydrogen (secondary N) is 1. The highest BCUT2D eigenvalue weighted by molar-refractivity contribution is 5.04. The largest absolute Gasteiger partial charge is 0.316 e. The molecule has 0 radical (unpaired) electrons. The van der Waals surface area contributed by atoms with Crippen molar-refractivity contribution >= 4 is 0 Å². The molecule has 82 valence electrons. The highest BCUT2D eigenvalue weighted by Gasteiger charge is 2.52. The quantitative estimate of drug-likeness (QED) is 0.624. The van der Waals surface area contributed by atoms with Crippen LogP contribution in [-0.2, 0) is 0 Å². The fraction of sp³-hybridized carbons (Fsp3) is 1.00. The van der Waals surface area contributed by atoms with Gasteiger partial charge in [-0.2, -0.15) is 0 Å². The SMILES string of the molecule is CN(C)CCCNCC1(C2CC2)CC1. The third-order valence-corrected chi connectivity index (χ3v) is 3.77. The van der Waals surface area contributed by atoms with Gasteiger partial charge >= 0.3 is 0 Å². The highest BCUT2D eigenvalue weighted by atomic mass is 15.1. The molecule has 0 atom stereocenters. The van der Waals surface area contributed by atoms with Gasteiger partial charge < -0.3 is 10.2 Å². The molecule has 2 aliphatic carbocycles. The number of hydrogen-bond acceptors (Lipinski definition) is 2. The zero-order valence-electron chi connectivity index (χ0n) is 9.68. The van der Waals surface area contributed by atoms with E-state index in [9.17, 15) is 0 Å². The second-order valence-electron chi connectivity index (χ2n) is 5.47. The average Bonchev–Trinajstić information content (AvgIpc) is 2.98. The molecular weight excluding hydrogens is 172 g/mol. The molecule has 2 nitrogen and oxygen atoms in total. The fourth-order valence-electron chi connectivity index (χ4n) is 2.44. The third-order valence-electron chi connectivity index (χ3n) is 3.77. The molecule has 0 bridgehead atoms. The Morgan fingerprint density at radius 3 is 2.50 bits per heavy atom. The molecule has 2 aliphatic rings. The Bertz CT molecular complexity index is 181. The molecule has 0 unspecified atom stereocenters. The maximum atomic E-state index is 3.64. The first kappa shape index (κ1) is 10.4. The summed E-state index contributed by atoms with van der Waals surface area (Å²) in [5.41, 5.74) is 0.776. The molecule has 0 heterocycles. The minimum absolute atomic E-state index is 0.776. The normalized spacial score (nSPS) is 24.2. The van der Waals surface area contributed by atoms with Crippen LogP contribution in [0.1, 0.15) is 32.1 Å². The van der Waals surface area contributed by atoms with Crippen LogP contribution < -0.4 is 5.32 Å². The van der Waals surface area contributed by atoms with E-state index in [0.717, 1.165) is 11.3 Å². The van der Waals surface area contributed by atoms with E-state index in [2.05, 4.69) is 24.3 Å². The van der Waals surface area contributed by atoms with Crippen molar-refractivity contribution in [3.8, 4) is 0 Å². The van der Waals surface area contributed by atoms with Gasteiger partial charge in [0.1, 0.15) is 0 Å². The van der Waals surface area contributed by atoms with E-state index in [-0.39, 0.29) is 0 Å². The Labute approximate surface area is 88.1 Å². The summed E-state index contributed by atoms with van der Waals surface area (Å²) >= 11 is 0. The molecule has 0 spiro atoms. The van der Waals surface area contributed by atoms with Crippen LogP contribution in [0.15, 0.2) is 0 Å². The van der Waals surface area contributed by atoms with Crippen molar-refractivity contribution < 1.29 is 0 Å². The second kappa shape index (κ2) is 4.19. The average molecular weight is 196 g/mol. The lowest BCUT2D eigenvalue weighted by atomic mass is 10.0. The lowest BCUT2D eigenvalue weighted by Gasteiger charge is -2.15. The zero-order valence-corrected chi connectivity index (χ0v) is 9.68. The Hall–Kier alpha value is -0.0800. The van der Waals surface area contributed by atoms with Gasteiger partial charge in [-0.15, -0.1) is 0 Å². The maximum Gasteiger partial charge on any atom is 0.00105 e. The molecule has 0 amide bonds. The molecule has 14 heavy (non-hydrogen) atoms. The van der Waals surface area contributed by atoms with Crippen molar-refractivity contribution in [2.75, 3.05) is 33.7 Å². The van der Waals surface area contributed by atoms with Gasteiger partial charge in [-0.05, 0) is 70.6 Å². The van der Waals surface area contributed by atoms with E-state index in [1.165, 1.54) is 51.7 Å². The van der Waals surface area contributed by atoms with Crippen LogP contribution in [0.5, 0.6) is 0 Å². The zero-order chi connectivity index (χ0) is 10.0. The fourth-order valence-corrected chi connectivity index (χ4v) is 2.44. The van der Waals surface area contributed by atoms with E-state index in [1.807, 2.05) is 0 Å². The summed E-state index contributed by atoms with van der Waals surface area (Å²) in [5, 5.41) is 3.64. The van der Waals surface area contributed by atoms with Crippen LogP contribution in [-0.4, -0.2) is 38.6 Å². The summed E-state index contributed by atoms with van der Waals surface area (Å²) in [6, 6.07) is 0. The van der Waals surface area contributed by atoms with Crippen LogP contribution in [0.2, 0.25) is 0 Å². The van der Waals surface area contributed by atoms with Crippen LogP contribution in [0.3, 0.4) is 0 Å². The standard InChI is InChI=1S/C12H24N2/c1-14(2)9-3-8-13-10-12(6-7-12)11-4-5-11/h11,13H,3-10H2,1-2H3. The van der Waals surface area contributed by atoms with E-state index in [4.69, 9.17) is 0 Å². The Morgan fingerprint density at radius 2 is 2.00 bits per heavy atom. The van der Waals surface area contributed by atoms with E-state index in [0.29, 0.717) is 0 Å². The second-order valence-corrected chi connectivity index (χ2v) is 5.47. The van der Waals surface area contributed by atoms with Gasteiger partial charge in [-0.1, -0.05) is 0 Å². The maximum absolute atomic E-state index is 3.64. The molecule has 0 saturated heterocycles. The molecule has 2 heteroatoms. The summed E-state index contributed by atoms with van der Waals surface area (Å²) < 4.78 is 0. The van der Waals surface area contributed by atoms with Crippen molar-refractivity contribution in [1.82, 2.24) is 10.2 Å². The predicted octanol–water partition coefficient (Wildman–Crippen LogP) is 1.72. The Balaban J connectivity index is 1.51. The van der Waals surface area contributed by atoms with Crippen LogP contribution in [0.4, 0.5) is 0 Å². The minimum Gasteiger partial charge on any atom is -0.316 e. The van der Waals surface area contributed by atoms with Gasteiger partial charge in [0.15, 0.2) is 0 Å². The van der Waals surface area contributed by atoms with Gasteiger partial charge in [0, 0.05) is 6.54 Å². The smallest absolute Gasteiger partial charge is 0.00105 e. The lowest BCUT2D eigenvalue weighted by molar-refractivity contribution is 0.371. The molecule has 2 saturated carbocycles. The van der Waals surface area contributed by atoms with Gasteiger partial charge in [0.2, 0.25) is 0 Å². The van der Waals surface area contributed by atoms with Crippen molar-refractivity contribution in [3.05, 3.63) is 0 Å². The molecule has 0 aromatic carbocycles. The summed E-state index contributed by atoms with van der Waals surface area (Å²) in [7, 11) is 4.29. The van der Waals surface area contributed by atoms with Gasteiger partial charge in [-0.25, -0.2) is 0 Å². The number of hydrogen-bond donors (Lipinski definition) is 1. The highest BCUT2D eigenvalue weighted by Crippen LogP contribution is 2.60. The van der Waals surface area contributed by atoms with Crippen molar-refractivity contribution in [3.63, 3.8) is 0 Å². The van der Waals surface area contributed by atoms with Gasteiger partial charge in [0.25, 0.3) is 0 Å². The van der Waals surface area contributed by atoms with Crippen LogP contribution in [0.25, 0.3) is 0 Å². The summed E-state index contributed by atoms with van der Waals surface area (Å²) in [5.74, 6) is 1.10. The monoisotopic (exact) mass is 196 g/mol. The van der Waals surface area contributed by atoms with Crippen LogP contribution >= 0.6 is 0 Å². The molecule has 0 aromatic heterocycles. The molecule has 2 rings (SSSR count). The first-order chi connectivity index (χ1) is 6.73. The Morgan fingerprint density at radius 1 is 1.29 bits per heavy atom. The number of rotatable bonds is 7. The summed E-state index contributed by atoms with van der Waals surface area (Å²) in [6.07, 6.45) is 7.31. The van der Waals surface area contributed by atoms with E-state index in [1.54, 1.807) is 0 Å². The number of nitrogens with zero attached hydrogens (tertiary/aromatic N) is 1. The lowest BCUT2D eigenvalue weighted by Crippen LogP contribution is -2.28.